The Labute approximate surface area is 184 Å². The summed E-state index contributed by atoms with van der Waals surface area (Å²) in [6, 6.07) is 6.16. The molecule has 158 valence electrons. The van der Waals surface area contributed by atoms with E-state index in [1.165, 1.54) is 10.4 Å². The number of fused-ring (bicyclic) bond motifs is 2. The van der Waals surface area contributed by atoms with Crippen molar-refractivity contribution in [3.63, 3.8) is 0 Å². The maximum atomic E-state index is 12.6. The first kappa shape index (κ1) is 21.1. The van der Waals surface area contributed by atoms with Gasteiger partial charge in [0.25, 0.3) is 0 Å². The number of carbonyl (C=O) groups is 1. The molecule has 3 N–H and O–H groups in total. The van der Waals surface area contributed by atoms with Gasteiger partial charge in [-0.15, -0.1) is 22.7 Å². The van der Waals surface area contributed by atoms with Gasteiger partial charge in [0.15, 0.2) is 0 Å². The molecule has 0 aliphatic carbocycles. The molecule has 2 aromatic heterocycles. The number of thiophene rings is 1. The van der Waals surface area contributed by atoms with Crippen molar-refractivity contribution in [1.29, 1.82) is 0 Å². The molecule has 0 radical (unpaired) electrons. The summed E-state index contributed by atoms with van der Waals surface area (Å²) in [7, 11) is 1.67. The summed E-state index contributed by atoms with van der Waals surface area (Å²) < 4.78 is 6.15. The fourth-order valence-corrected chi connectivity index (χ4v) is 5.96. The zero-order valence-electron chi connectivity index (χ0n) is 17.0. The Morgan fingerprint density at radius 3 is 3.10 bits per heavy atom. The largest absolute Gasteiger partial charge is 0.383 e. The van der Waals surface area contributed by atoms with Crippen LogP contribution in [-0.2, 0) is 22.5 Å². The van der Waals surface area contributed by atoms with Gasteiger partial charge in [-0.2, -0.15) is 0 Å². The van der Waals surface area contributed by atoms with Gasteiger partial charge in [-0.3, -0.25) is 4.79 Å². The van der Waals surface area contributed by atoms with E-state index in [0.717, 1.165) is 57.4 Å². The SMILES string of the molecule is C=Cc1cccc2sc(-c3c(NC(=O)CCNCCOC)sc4c3CCNC4)nc12. The Hall–Kier alpha value is -2.10. The lowest BCUT2D eigenvalue weighted by atomic mass is 10.0. The van der Waals surface area contributed by atoms with Gasteiger partial charge >= 0.3 is 0 Å². The molecule has 8 heteroatoms. The minimum atomic E-state index is 0.0145. The van der Waals surface area contributed by atoms with E-state index in [-0.39, 0.29) is 5.91 Å². The van der Waals surface area contributed by atoms with Crippen molar-refractivity contribution in [1.82, 2.24) is 15.6 Å². The maximum absolute atomic E-state index is 12.6. The van der Waals surface area contributed by atoms with Gasteiger partial charge in [0.1, 0.15) is 10.0 Å². The first-order chi connectivity index (χ1) is 14.7. The molecule has 3 aromatic rings. The van der Waals surface area contributed by atoms with E-state index in [9.17, 15) is 4.79 Å². The van der Waals surface area contributed by atoms with Gasteiger partial charge in [-0.25, -0.2) is 4.98 Å². The Kier molecular flexibility index (Phi) is 6.91. The first-order valence-corrected chi connectivity index (χ1v) is 11.7. The molecule has 4 rings (SSSR count). The summed E-state index contributed by atoms with van der Waals surface area (Å²) in [6.45, 7) is 7.70. The molecule has 0 spiro atoms. The maximum Gasteiger partial charge on any atom is 0.226 e. The molecule has 1 aliphatic heterocycles. The van der Waals surface area contributed by atoms with E-state index in [1.54, 1.807) is 29.8 Å². The number of methoxy groups -OCH3 is 1. The number of hydrogen-bond acceptors (Lipinski definition) is 7. The lowest BCUT2D eigenvalue weighted by molar-refractivity contribution is -0.116. The van der Waals surface area contributed by atoms with Crippen molar-refractivity contribution < 1.29 is 9.53 Å². The summed E-state index contributed by atoms with van der Waals surface area (Å²) in [5.41, 5.74) is 4.41. The minimum Gasteiger partial charge on any atom is -0.383 e. The lowest BCUT2D eigenvalue weighted by Crippen LogP contribution is -2.24. The van der Waals surface area contributed by atoms with Crippen molar-refractivity contribution in [2.24, 2.45) is 0 Å². The van der Waals surface area contributed by atoms with E-state index >= 15 is 0 Å². The Morgan fingerprint density at radius 2 is 2.27 bits per heavy atom. The number of ether oxygens (including phenoxy) is 1. The number of aromatic nitrogens is 1. The van der Waals surface area contributed by atoms with Gasteiger partial charge < -0.3 is 20.7 Å². The summed E-state index contributed by atoms with van der Waals surface area (Å²) in [6.07, 6.45) is 3.21. The van der Waals surface area contributed by atoms with Crippen LogP contribution >= 0.6 is 22.7 Å². The van der Waals surface area contributed by atoms with E-state index < -0.39 is 0 Å². The molecule has 0 unspecified atom stereocenters. The fourth-order valence-electron chi connectivity index (χ4n) is 3.58. The van der Waals surface area contributed by atoms with Crippen LogP contribution < -0.4 is 16.0 Å². The van der Waals surface area contributed by atoms with Crippen molar-refractivity contribution >= 4 is 49.9 Å². The summed E-state index contributed by atoms with van der Waals surface area (Å²) in [5.74, 6) is 0.0145. The van der Waals surface area contributed by atoms with Crippen LogP contribution in [-0.4, -0.2) is 44.2 Å². The van der Waals surface area contributed by atoms with Crippen molar-refractivity contribution in [2.75, 3.05) is 38.7 Å². The molecule has 1 aliphatic rings. The number of hydrogen-bond donors (Lipinski definition) is 3. The Morgan fingerprint density at radius 1 is 1.37 bits per heavy atom. The summed E-state index contributed by atoms with van der Waals surface area (Å²) >= 11 is 3.34. The molecule has 0 atom stereocenters. The molecule has 0 fully saturated rings. The van der Waals surface area contributed by atoms with Crippen molar-refractivity contribution in [3.8, 4) is 10.6 Å². The smallest absolute Gasteiger partial charge is 0.226 e. The van der Waals surface area contributed by atoms with Crippen LogP contribution in [0.15, 0.2) is 24.8 Å². The van der Waals surface area contributed by atoms with Crippen LogP contribution in [0.5, 0.6) is 0 Å². The molecular weight excluding hydrogens is 416 g/mol. The standard InChI is InChI=1S/C22H26N4O2S2/c1-3-14-5-4-6-16-20(14)26-22(29-16)19-15-7-9-24-13-17(15)30-21(19)25-18(27)8-10-23-11-12-28-2/h3-6,23-24H,1,7-13H2,2H3,(H,25,27). The highest BCUT2D eigenvalue weighted by Crippen LogP contribution is 2.45. The van der Waals surface area contributed by atoms with Gasteiger partial charge in [-0.1, -0.05) is 24.8 Å². The van der Waals surface area contributed by atoms with Crippen LogP contribution in [0.4, 0.5) is 5.00 Å². The number of nitrogens with zero attached hydrogens (tertiary/aromatic N) is 1. The fraction of sp³-hybridized carbons (Fsp3) is 0.364. The van der Waals surface area contributed by atoms with Crippen molar-refractivity contribution in [2.45, 2.75) is 19.4 Å². The number of anilines is 1. The Bertz CT molecular complexity index is 1060. The third kappa shape index (κ3) is 4.48. The van der Waals surface area contributed by atoms with Crippen LogP contribution in [0.2, 0.25) is 0 Å². The second-order valence-corrected chi connectivity index (χ2v) is 9.23. The average Bonchev–Trinajstić information content (AvgIpc) is 3.33. The van der Waals surface area contributed by atoms with E-state index in [1.807, 2.05) is 18.2 Å². The highest BCUT2D eigenvalue weighted by Gasteiger charge is 2.25. The van der Waals surface area contributed by atoms with Crippen LogP contribution in [0.25, 0.3) is 26.9 Å². The number of amides is 1. The number of para-hydroxylation sites is 1. The number of carbonyl (C=O) groups excluding carboxylic acids is 1. The van der Waals surface area contributed by atoms with Gasteiger partial charge in [0, 0.05) is 49.2 Å². The second-order valence-electron chi connectivity index (χ2n) is 7.09. The molecule has 1 aromatic carbocycles. The van der Waals surface area contributed by atoms with E-state index in [4.69, 9.17) is 9.72 Å². The first-order valence-electron chi connectivity index (χ1n) is 10.1. The zero-order valence-corrected chi connectivity index (χ0v) is 18.7. The van der Waals surface area contributed by atoms with Gasteiger partial charge in [0.2, 0.25) is 5.91 Å². The lowest BCUT2D eigenvalue weighted by Gasteiger charge is -2.13. The highest BCUT2D eigenvalue weighted by atomic mass is 32.1. The molecule has 1 amide bonds. The number of thiazole rings is 1. The third-order valence-corrected chi connectivity index (χ3v) is 7.26. The Balaban J connectivity index is 1.62. The normalized spacial score (nSPS) is 13.4. The molecule has 30 heavy (non-hydrogen) atoms. The predicted molar refractivity (Wildman–Crippen MR) is 126 cm³/mol. The van der Waals surface area contributed by atoms with Gasteiger partial charge in [0.05, 0.1) is 16.8 Å². The minimum absolute atomic E-state index is 0.0145. The summed E-state index contributed by atoms with van der Waals surface area (Å²) in [4.78, 5) is 18.8. The van der Waals surface area contributed by atoms with Crippen LogP contribution in [0, 0.1) is 0 Å². The number of rotatable bonds is 9. The molecule has 0 bridgehead atoms. The quantitative estimate of drug-likeness (QED) is 0.439. The highest BCUT2D eigenvalue weighted by molar-refractivity contribution is 7.23. The molecule has 0 saturated carbocycles. The molecular formula is C22H26N4O2S2. The molecule has 6 nitrogen and oxygen atoms in total. The van der Waals surface area contributed by atoms with Gasteiger partial charge in [-0.05, 0) is 24.6 Å². The zero-order chi connectivity index (χ0) is 20.9. The molecule has 0 saturated heterocycles. The van der Waals surface area contributed by atoms with Crippen LogP contribution in [0.3, 0.4) is 0 Å². The average molecular weight is 443 g/mol. The number of nitrogens with one attached hydrogen (secondary N) is 3. The number of benzene rings is 1. The molecule has 3 heterocycles. The third-order valence-electron chi connectivity index (χ3n) is 5.08. The van der Waals surface area contributed by atoms with E-state index in [2.05, 4.69) is 28.6 Å². The second kappa shape index (κ2) is 9.80. The van der Waals surface area contributed by atoms with E-state index in [0.29, 0.717) is 19.6 Å². The predicted octanol–water partition coefficient (Wildman–Crippen LogP) is 3.88. The monoisotopic (exact) mass is 442 g/mol. The summed E-state index contributed by atoms with van der Waals surface area (Å²) in [5, 5.41) is 11.7. The topological polar surface area (TPSA) is 75.3 Å². The van der Waals surface area contributed by atoms with Crippen molar-refractivity contribution in [3.05, 3.63) is 40.8 Å². The van der Waals surface area contributed by atoms with Crippen LogP contribution in [0.1, 0.15) is 22.4 Å².